The highest BCUT2D eigenvalue weighted by Gasteiger charge is 2.53. The summed E-state index contributed by atoms with van der Waals surface area (Å²) in [5.41, 5.74) is 0.607. The van der Waals surface area contributed by atoms with Crippen LogP contribution in [0.25, 0.3) is 0 Å². The van der Waals surface area contributed by atoms with Crippen molar-refractivity contribution in [2.24, 2.45) is 16.3 Å². The lowest BCUT2D eigenvalue weighted by atomic mass is 10.0. The molecule has 2 saturated carbocycles. The Morgan fingerprint density at radius 1 is 1.26 bits per heavy atom. The van der Waals surface area contributed by atoms with Gasteiger partial charge in [0.25, 0.3) is 0 Å². The molecule has 3 nitrogen and oxygen atoms in total. The summed E-state index contributed by atoms with van der Waals surface area (Å²) in [7, 11) is 0. The van der Waals surface area contributed by atoms with E-state index in [0.29, 0.717) is 11.5 Å². The molecule has 4 heteroatoms. The van der Waals surface area contributed by atoms with Gasteiger partial charge >= 0.3 is 0 Å². The molecule has 0 aromatic heterocycles. The summed E-state index contributed by atoms with van der Waals surface area (Å²) in [4.78, 5) is 4.84. The van der Waals surface area contributed by atoms with E-state index in [0.717, 1.165) is 37.8 Å². The Morgan fingerprint density at radius 3 is 2.47 bits per heavy atom. The normalized spacial score (nSPS) is 25.0. The van der Waals surface area contributed by atoms with Gasteiger partial charge in [0, 0.05) is 19.1 Å². The van der Waals surface area contributed by atoms with E-state index < -0.39 is 0 Å². The minimum absolute atomic E-state index is 0. The topological polar surface area (TPSA) is 36.4 Å². The molecule has 0 aromatic rings. The fourth-order valence-corrected chi connectivity index (χ4v) is 3.04. The molecule has 0 unspecified atom stereocenters. The van der Waals surface area contributed by atoms with Gasteiger partial charge in [-0.2, -0.15) is 0 Å². The maximum Gasteiger partial charge on any atom is 0.191 e. The second-order valence-electron chi connectivity index (χ2n) is 6.12. The van der Waals surface area contributed by atoms with Crippen molar-refractivity contribution < 1.29 is 0 Å². The van der Waals surface area contributed by atoms with E-state index >= 15 is 0 Å². The maximum absolute atomic E-state index is 4.84. The summed E-state index contributed by atoms with van der Waals surface area (Å²) in [5.74, 6) is 2.02. The predicted octanol–water partition coefficient (Wildman–Crippen LogP) is 3.07. The Morgan fingerprint density at radius 2 is 1.95 bits per heavy atom. The zero-order chi connectivity index (χ0) is 12.4. The third-order valence-corrected chi connectivity index (χ3v) is 4.58. The van der Waals surface area contributed by atoms with Crippen molar-refractivity contribution in [1.82, 2.24) is 10.6 Å². The van der Waals surface area contributed by atoms with Crippen molar-refractivity contribution in [2.45, 2.75) is 51.5 Å². The van der Waals surface area contributed by atoms with Crippen LogP contribution in [0.4, 0.5) is 0 Å². The van der Waals surface area contributed by atoms with Crippen LogP contribution in [-0.4, -0.2) is 25.1 Å². The van der Waals surface area contributed by atoms with E-state index in [2.05, 4.69) is 29.7 Å². The highest BCUT2D eigenvalue weighted by atomic mass is 127. The van der Waals surface area contributed by atoms with Gasteiger partial charge < -0.3 is 10.6 Å². The van der Waals surface area contributed by atoms with Crippen molar-refractivity contribution in [2.75, 3.05) is 13.1 Å². The van der Waals surface area contributed by atoms with Crippen LogP contribution in [0.1, 0.15) is 45.4 Å². The first-order valence-corrected chi connectivity index (χ1v) is 7.52. The number of halogens is 1. The quantitative estimate of drug-likeness (QED) is 0.335. The van der Waals surface area contributed by atoms with Crippen LogP contribution in [0.3, 0.4) is 0 Å². The molecule has 0 amide bonds. The Balaban J connectivity index is 0.00000133. The van der Waals surface area contributed by atoms with Crippen LogP contribution < -0.4 is 10.6 Å². The van der Waals surface area contributed by atoms with Gasteiger partial charge in [-0.1, -0.05) is 12.2 Å². The molecular formula is C15H26IN3. The average molecular weight is 375 g/mol. The SMILES string of the molecule is CCNC(=NCC1(C2CC2)CC1)NC1CC=CC1.I. The van der Waals surface area contributed by atoms with Gasteiger partial charge in [0.1, 0.15) is 0 Å². The molecule has 0 spiro atoms. The lowest BCUT2D eigenvalue weighted by molar-refractivity contribution is 0.451. The molecule has 0 bridgehead atoms. The van der Waals surface area contributed by atoms with E-state index in [1.807, 2.05) is 0 Å². The van der Waals surface area contributed by atoms with Gasteiger partial charge in [-0.25, -0.2) is 0 Å². The molecule has 3 aliphatic rings. The fourth-order valence-electron chi connectivity index (χ4n) is 3.04. The number of nitrogens with one attached hydrogen (secondary N) is 2. The molecule has 2 fully saturated rings. The number of hydrogen-bond acceptors (Lipinski definition) is 1. The van der Waals surface area contributed by atoms with Crippen LogP contribution in [0.2, 0.25) is 0 Å². The van der Waals surface area contributed by atoms with E-state index in [4.69, 9.17) is 4.99 Å². The Labute approximate surface area is 133 Å². The van der Waals surface area contributed by atoms with Crippen LogP contribution in [0.15, 0.2) is 17.1 Å². The first kappa shape index (κ1) is 15.1. The largest absolute Gasteiger partial charge is 0.357 e. The zero-order valence-electron chi connectivity index (χ0n) is 11.8. The van der Waals surface area contributed by atoms with Crippen LogP contribution in [0.5, 0.6) is 0 Å². The Kier molecular flexibility index (Phi) is 5.15. The number of nitrogens with zero attached hydrogens (tertiary/aromatic N) is 1. The number of rotatable bonds is 5. The molecular weight excluding hydrogens is 349 g/mol. The summed E-state index contributed by atoms with van der Waals surface area (Å²) in [6.07, 6.45) is 12.5. The van der Waals surface area contributed by atoms with Gasteiger partial charge in [-0.15, -0.1) is 24.0 Å². The number of aliphatic imine (C=N–C) groups is 1. The highest BCUT2D eigenvalue weighted by Crippen LogP contribution is 2.61. The van der Waals surface area contributed by atoms with Crippen molar-refractivity contribution in [3.05, 3.63) is 12.2 Å². The monoisotopic (exact) mass is 375 g/mol. The van der Waals surface area contributed by atoms with Crippen LogP contribution in [-0.2, 0) is 0 Å². The lowest BCUT2D eigenvalue weighted by Crippen LogP contribution is -2.42. The smallest absolute Gasteiger partial charge is 0.191 e. The fraction of sp³-hybridized carbons (Fsp3) is 0.800. The Bertz CT molecular complexity index is 348. The third kappa shape index (κ3) is 3.86. The van der Waals surface area contributed by atoms with Crippen LogP contribution >= 0.6 is 24.0 Å². The summed E-state index contributed by atoms with van der Waals surface area (Å²) in [6.45, 7) is 4.12. The van der Waals surface area contributed by atoms with Gasteiger partial charge in [0.05, 0.1) is 0 Å². The molecule has 0 radical (unpaired) electrons. The van der Waals surface area contributed by atoms with Gasteiger partial charge in [0.2, 0.25) is 0 Å². The van der Waals surface area contributed by atoms with E-state index in [1.165, 1.54) is 25.7 Å². The van der Waals surface area contributed by atoms with E-state index in [-0.39, 0.29) is 24.0 Å². The minimum Gasteiger partial charge on any atom is -0.357 e. The predicted molar refractivity (Wildman–Crippen MR) is 91.1 cm³/mol. The first-order valence-electron chi connectivity index (χ1n) is 7.52. The molecule has 3 aliphatic carbocycles. The summed E-state index contributed by atoms with van der Waals surface area (Å²) < 4.78 is 0. The molecule has 0 atom stereocenters. The summed E-state index contributed by atoms with van der Waals surface area (Å²) >= 11 is 0. The second kappa shape index (κ2) is 6.46. The third-order valence-electron chi connectivity index (χ3n) is 4.58. The van der Waals surface area contributed by atoms with E-state index in [9.17, 15) is 0 Å². The number of guanidine groups is 1. The standard InChI is InChI=1S/C15H25N3.HI/c1-2-16-14(18-13-5-3-4-6-13)17-11-15(9-10-15)12-7-8-12;/h3-4,12-13H,2,5-11H2,1H3,(H2,16,17,18);1H. The molecule has 2 N–H and O–H groups in total. The molecule has 0 aromatic carbocycles. The molecule has 0 aliphatic heterocycles. The van der Waals surface area contributed by atoms with Crippen molar-refractivity contribution >= 4 is 29.9 Å². The molecule has 3 rings (SSSR count). The Hall–Kier alpha value is -0.260. The lowest BCUT2D eigenvalue weighted by Gasteiger charge is -2.18. The van der Waals surface area contributed by atoms with Crippen molar-refractivity contribution in [1.29, 1.82) is 0 Å². The van der Waals surface area contributed by atoms with E-state index in [1.54, 1.807) is 0 Å². The zero-order valence-corrected chi connectivity index (χ0v) is 14.2. The first-order chi connectivity index (χ1) is 8.82. The van der Waals surface area contributed by atoms with Gasteiger partial charge in [-0.05, 0) is 56.8 Å². The summed E-state index contributed by atoms with van der Waals surface area (Å²) in [5, 5.41) is 6.93. The van der Waals surface area contributed by atoms with Crippen LogP contribution in [0, 0.1) is 11.3 Å². The second-order valence-corrected chi connectivity index (χ2v) is 6.12. The van der Waals surface area contributed by atoms with Gasteiger partial charge in [0.15, 0.2) is 5.96 Å². The minimum atomic E-state index is 0. The highest BCUT2D eigenvalue weighted by molar-refractivity contribution is 14.0. The molecule has 108 valence electrons. The molecule has 0 saturated heterocycles. The maximum atomic E-state index is 4.84. The number of hydrogen-bond donors (Lipinski definition) is 2. The summed E-state index contributed by atoms with van der Waals surface area (Å²) in [6, 6.07) is 0.555. The average Bonchev–Trinajstić information content (AvgIpc) is 3.27. The van der Waals surface area contributed by atoms with Crippen molar-refractivity contribution in [3.8, 4) is 0 Å². The molecule has 19 heavy (non-hydrogen) atoms. The van der Waals surface area contributed by atoms with Gasteiger partial charge in [-0.3, -0.25) is 4.99 Å². The molecule has 0 heterocycles. The van der Waals surface area contributed by atoms with Crippen molar-refractivity contribution in [3.63, 3.8) is 0 Å².